The summed E-state index contributed by atoms with van der Waals surface area (Å²) in [7, 11) is 0. The molecule has 0 atom stereocenters. The maximum absolute atomic E-state index is 13.7. The summed E-state index contributed by atoms with van der Waals surface area (Å²) >= 11 is 3.45. The number of anilines is 1. The number of imidazole rings is 1. The second-order valence-electron chi connectivity index (χ2n) is 4.92. The molecular formula is C16H15BrFN3. The highest BCUT2D eigenvalue weighted by molar-refractivity contribution is 9.10. The van der Waals surface area contributed by atoms with E-state index in [2.05, 4.69) is 32.4 Å². The van der Waals surface area contributed by atoms with Crippen LogP contribution in [0.5, 0.6) is 0 Å². The van der Waals surface area contributed by atoms with Gasteiger partial charge in [0.05, 0.1) is 16.7 Å². The van der Waals surface area contributed by atoms with Gasteiger partial charge in [-0.05, 0) is 36.8 Å². The van der Waals surface area contributed by atoms with Crippen LogP contribution in [0.2, 0.25) is 0 Å². The summed E-state index contributed by atoms with van der Waals surface area (Å²) in [4.78, 5) is 4.65. The Kier molecular flexibility index (Phi) is 3.68. The van der Waals surface area contributed by atoms with Crippen LogP contribution in [-0.2, 0) is 6.54 Å². The molecule has 2 N–H and O–H groups in total. The Hall–Kier alpha value is -1.88. The largest absolute Gasteiger partial charge is 0.396 e. The van der Waals surface area contributed by atoms with Crippen molar-refractivity contribution in [1.29, 1.82) is 0 Å². The maximum Gasteiger partial charge on any atom is 0.146 e. The smallest absolute Gasteiger partial charge is 0.146 e. The predicted octanol–water partition coefficient (Wildman–Crippen LogP) is 4.60. The molecule has 0 aliphatic heterocycles. The third kappa shape index (κ3) is 2.42. The molecule has 21 heavy (non-hydrogen) atoms. The lowest BCUT2D eigenvalue weighted by molar-refractivity contribution is 0.632. The Labute approximate surface area is 130 Å². The summed E-state index contributed by atoms with van der Waals surface area (Å²) in [6.07, 6.45) is 0.962. The molecule has 5 heteroatoms. The lowest BCUT2D eigenvalue weighted by Gasteiger charge is -2.10. The van der Waals surface area contributed by atoms with Crippen LogP contribution in [0.15, 0.2) is 40.9 Å². The number of nitrogen functional groups attached to an aromatic ring is 1. The van der Waals surface area contributed by atoms with E-state index in [9.17, 15) is 4.39 Å². The average molecular weight is 348 g/mol. The molecule has 0 aliphatic carbocycles. The van der Waals surface area contributed by atoms with Crippen LogP contribution >= 0.6 is 15.9 Å². The van der Waals surface area contributed by atoms with Crippen LogP contribution in [0.25, 0.3) is 22.4 Å². The molecular weight excluding hydrogens is 333 g/mol. The fourth-order valence-electron chi connectivity index (χ4n) is 2.49. The topological polar surface area (TPSA) is 43.8 Å². The number of para-hydroxylation sites is 1. The van der Waals surface area contributed by atoms with Crippen LogP contribution in [0.1, 0.15) is 13.3 Å². The first-order chi connectivity index (χ1) is 10.1. The SMILES string of the molecule is CCCn1c(-c2cccc(F)c2N)nc2cc(Br)ccc21. The minimum Gasteiger partial charge on any atom is -0.396 e. The van der Waals surface area contributed by atoms with Crippen molar-refractivity contribution >= 4 is 32.7 Å². The molecule has 0 saturated heterocycles. The molecule has 108 valence electrons. The van der Waals surface area contributed by atoms with Gasteiger partial charge in [-0.3, -0.25) is 0 Å². The van der Waals surface area contributed by atoms with Gasteiger partial charge in [-0.25, -0.2) is 9.37 Å². The standard InChI is InChI=1S/C16H15BrFN3/c1-2-8-21-14-7-6-10(17)9-13(14)20-16(21)11-4-3-5-12(18)15(11)19/h3-7,9H,2,8,19H2,1H3. The van der Waals surface area contributed by atoms with Gasteiger partial charge in [0, 0.05) is 16.6 Å². The number of nitrogens with two attached hydrogens (primary N) is 1. The lowest BCUT2D eigenvalue weighted by atomic mass is 10.1. The van der Waals surface area contributed by atoms with Crippen molar-refractivity contribution in [3.63, 3.8) is 0 Å². The van der Waals surface area contributed by atoms with Gasteiger partial charge in [0.1, 0.15) is 11.6 Å². The van der Waals surface area contributed by atoms with E-state index in [-0.39, 0.29) is 5.69 Å². The van der Waals surface area contributed by atoms with Crippen LogP contribution < -0.4 is 5.73 Å². The first kappa shape index (κ1) is 14.1. The highest BCUT2D eigenvalue weighted by atomic mass is 79.9. The number of halogens is 2. The van der Waals surface area contributed by atoms with Crippen molar-refractivity contribution < 1.29 is 4.39 Å². The van der Waals surface area contributed by atoms with E-state index >= 15 is 0 Å². The molecule has 1 aromatic heterocycles. The Morgan fingerprint density at radius 3 is 2.86 bits per heavy atom. The molecule has 3 nitrogen and oxygen atoms in total. The quantitative estimate of drug-likeness (QED) is 0.703. The number of nitrogens with zero attached hydrogens (tertiary/aromatic N) is 2. The molecule has 1 heterocycles. The monoisotopic (exact) mass is 347 g/mol. The fraction of sp³-hybridized carbons (Fsp3) is 0.188. The van der Waals surface area contributed by atoms with Crippen molar-refractivity contribution in [3.8, 4) is 11.4 Å². The zero-order valence-electron chi connectivity index (χ0n) is 11.6. The number of hydrogen-bond donors (Lipinski definition) is 1. The molecule has 3 aromatic rings. The van der Waals surface area contributed by atoms with E-state index in [1.165, 1.54) is 6.07 Å². The van der Waals surface area contributed by atoms with Crippen LogP contribution in [0, 0.1) is 5.82 Å². The number of fused-ring (bicyclic) bond motifs is 1. The third-order valence-electron chi connectivity index (χ3n) is 3.45. The molecule has 0 radical (unpaired) electrons. The minimum atomic E-state index is -0.413. The highest BCUT2D eigenvalue weighted by Gasteiger charge is 2.16. The Morgan fingerprint density at radius 1 is 1.29 bits per heavy atom. The van der Waals surface area contributed by atoms with Crippen LogP contribution in [0.3, 0.4) is 0 Å². The van der Waals surface area contributed by atoms with Gasteiger partial charge in [0.15, 0.2) is 0 Å². The molecule has 0 aliphatic rings. The Morgan fingerprint density at radius 2 is 2.10 bits per heavy atom. The highest BCUT2D eigenvalue weighted by Crippen LogP contribution is 2.31. The number of aryl methyl sites for hydroxylation is 1. The lowest BCUT2D eigenvalue weighted by Crippen LogP contribution is -2.02. The summed E-state index contributed by atoms with van der Waals surface area (Å²) in [5.41, 5.74) is 8.57. The first-order valence-corrected chi connectivity index (χ1v) is 7.61. The van der Waals surface area contributed by atoms with Gasteiger partial charge in [0.2, 0.25) is 0 Å². The Bertz CT molecular complexity index is 811. The van der Waals surface area contributed by atoms with Gasteiger partial charge in [-0.15, -0.1) is 0 Å². The van der Waals surface area contributed by atoms with Crippen molar-refractivity contribution in [2.45, 2.75) is 19.9 Å². The minimum absolute atomic E-state index is 0.143. The van der Waals surface area contributed by atoms with Gasteiger partial charge in [0.25, 0.3) is 0 Å². The van der Waals surface area contributed by atoms with E-state index in [0.717, 1.165) is 28.5 Å². The first-order valence-electron chi connectivity index (χ1n) is 6.82. The summed E-state index contributed by atoms with van der Waals surface area (Å²) in [6.45, 7) is 2.91. The fourth-order valence-corrected chi connectivity index (χ4v) is 2.84. The number of rotatable bonds is 3. The second kappa shape index (κ2) is 5.48. The zero-order valence-corrected chi connectivity index (χ0v) is 13.2. The van der Waals surface area contributed by atoms with Gasteiger partial charge in [-0.2, -0.15) is 0 Å². The molecule has 0 amide bonds. The summed E-state index contributed by atoms with van der Waals surface area (Å²) in [5, 5.41) is 0. The van der Waals surface area contributed by atoms with Crippen molar-refractivity contribution in [1.82, 2.24) is 9.55 Å². The molecule has 0 saturated carbocycles. The number of hydrogen-bond acceptors (Lipinski definition) is 2. The molecule has 0 fully saturated rings. The molecule has 0 bridgehead atoms. The van der Waals surface area contributed by atoms with E-state index in [1.807, 2.05) is 18.2 Å². The average Bonchev–Trinajstić information content (AvgIpc) is 2.80. The van der Waals surface area contributed by atoms with E-state index < -0.39 is 5.82 Å². The normalized spacial score (nSPS) is 11.2. The Balaban J connectivity index is 2.30. The molecule has 2 aromatic carbocycles. The molecule has 0 spiro atoms. The summed E-state index contributed by atoms with van der Waals surface area (Å²) < 4.78 is 16.8. The van der Waals surface area contributed by atoms with Gasteiger partial charge in [-0.1, -0.05) is 28.9 Å². The van der Waals surface area contributed by atoms with Crippen LogP contribution in [-0.4, -0.2) is 9.55 Å². The van der Waals surface area contributed by atoms with Gasteiger partial charge >= 0.3 is 0 Å². The second-order valence-corrected chi connectivity index (χ2v) is 5.84. The zero-order chi connectivity index (χ0) is 15.0. The van der Waals surface area contributed by atoms with E-state index in [0.29, 0.717) is 11.4 Å². The number of aromatic nitrogens is 2. The maximum atomic E-state index is 13.7. The summed E-state index contributed by atoms with van der Waals surface area (Å²) in [6, 6.07) is 10.8. The van der Waals surface area contributed by atoms with E-state index in [1.54, 1.807) is 12.1 Å². The van der Waals surface area contributed by atoms with Gasteiger partial charge < -0.3 is 10.3 Å². The van der Waals surface area contributed by atoms with Crippen molar-refractivity contribution in [2.75, 3.05) is 5.73 Å². The molecule has 0 unspecified atom stereocenters. The van der Waals surface area contributed by atoms with Crippen LogP contribution in [0.4, 0.5) is 10.1 Å². The summed E-state index contributed by atoms with van der Waals surface area (Å²) in [5.74, 6) is 0.297. The van der Waals surface area contributed by atoms with Crippen molar-refractivity contribution in [3.05, 3.63) is 46.7 Å². The third-order valence-corrected chi connectivity index (χ3v) is 3.94. The molecule has 3 rings (SSSR count). The van der Waals surface area contributed by atoms with Crippen molar-refractivity contribution in [2.24, 2.45) is 0 Å². The van der Waals surface area contributed by atoms with E-state index in [4.69, 9.17) is 5.73 Å². The number of benzene rings is 2. The predicted molar refractivity (Wildman–Crippen MR) is 87.5 cm³/mol.